The molecule has 1 saturated heterocycles. The molecule has 1 amide bonds. The second-order valence-electron chi connectivity index (χ2n) is 4.58. The summed E-state index contributed by atoms with van der Waals surface area (Å²) in [6, 6.07) is 7.11. The molecule has 20 heavy (non-hydrogen) atoms. The van der Waals surface area contributed by atoms with Gasteiger partial charge in [-0.3, -0.25) is 4.79 Å². The largest absolute Gasteiger partial charge is 0.452 e. The average molecular weight is 294 g/mol. The normalized spacial score (nSPS) is 14.8. The Morgan fingerprint density at radius 2 is 2.05 bits per heavy atom. The molecule has 0 bridgehead atoms. The monoisotopic (exact) mass is 293 g/mol. The van der Waals surface area contributed by atoms with Gasteiger partial charge in [0, 0.05) is 24.2 Å². The van der Waals surface area contributed by atoms with E-state index in [0.29, 0.717) is 5.02 Å². The zero-order valence-electron chi connectivity index (χ0n) is 11.0. The quantitative estimate of drug-likeness (QED) is 0.633. The first kappa shape index (κ1) is 14.6. The highest BCUT2D eigenvalue weighted by atomic mass is 35.5. The Labute approximate surface area is 123 Å². The van der Waals surface area contributed by atoms with Crippen LogP contribution in [0.2, 0.25) is 5.02 Å². The Kier molecular flexibility index (Phi) is 5.18. The number of amides is 1. The summed E-state index contributed by atoms with van der Waals surface area (Å²) >= 11 is 5.84. The highest BCUT2D eigenvalue weighted by Gasteiger charge is 2.18. The number of hydrogen-bond acceptors (Lipinski definition) is 3. The van der Waals surface area contributed by atoms with Crippen molar-refractivity contribution in [2.75, 3.05) is 19.7 Å². The molecule has 1 aliphatic rings. The minimum absolute atomic E-state index is 0.132. The molecule has 0 saturated carbocycles. The molecule has 0 aromatic heterocycles. The van der Waals surface area contributed by atoms with Gasteiger partial charge in [0.1, 0.15) is 0 Å². The van der Waals surface area contributed by atoms with Crippen LogP contribution in [0.1, 0.15) is 18.4 Å². The predicted molar refractivity (Wildman–Crippen MR) is 77.3 cm³/mol. The molecular weight excluding hydrogens is 278 g/mol. The van der Waals surface area contributed by atoms with Crippen molar-refractivity contribution in [1.29, 1.82) is 0 Å². The van der Waals surface area contributed by atoms with Gasteiger partial charge < -0.3 is 9.64 Å². The van der Waals surface area contributed by atoms with Gasteiger partial charge in [-0.25, -0.2) is 4.79 Å². The molecule has 1 aromatic rings. The fourth-order valence-corrected chi connectivity index (χ4v) is 2.21. The number of benzene rings is 1. The maximum absolute atomic E-state index is 11.7. The number of ether oxygens (including phenoxy) is 1. The Morgan fingerprint density at radius 3 is 2.75 bits per heavy atom. The number of carbonyl (C=O) groups is 2. The fourth-order valence-electron chi connectivity index (χ4n) is 2.01. The first-order valence-corrected chi connectivity index (χ1v) is 6.91. The van der Waals surface area contributed by atoms with E-state index in [4.69, 9.17) is 16.3 Å². The van der Waals surface area contributed by atoms with Crippen LogP contribution < -0.4 is 0 Å². The molecule has 2 rings (SSSR count). The summed E-state index contributed by atoms with van der Waals surface area (Å²) in [4.78, 5) is 24.9. The maximum atomic E-state index is 11.7. The van der Waals surface area contributed by atoms with Crippen molar-refractivity contribution in [3.05, 3.63) is 40.9 Å². The Balaban J connectivity index is 1.79. The van der Waals surface area contributed by atoms with E-state index in [0.717, 1.165) is 31.5 Å². The number of hydrogen-bond donors (Lipinski definition) is 0. The zero-order chi connectivity index (χ0) is 14.4. The van der Waals surface area contributed by atoms with Gasteiger partial charge >= 0.3 is 5.97 Å². The van der Waals surface area contributed by atoms with Gasteiger partial charge in [0.2, 0.25) is 0 Å². The van der Waals surface area contributed by atoms with Crippen molar-refractivity contribution in [3.63, 3.8) is 0 Å². The zero-order valence-corrected chi connectivity index (χ0v) is 11.8. The van der Waals surface area contributed by atoms with E-state index < -0.39 is 5.97 Å². The van der Waals surface area contributed by atoms with E-state index in [9.17, 15) is 9.59 Å². The third-order valence-corrected chi connectivity index (χ3v) is 3.29. The molecule has 1 aromatic carbocycles. The van der Waals surface area contributed by atoms with E-state index in [-0.39, 0.29) is 12.5 Å². The van der Waals surface area contributed by atoms with Crippen molar-refractivity contribution >= 4 is 29.6 Å². The lowest BCUT2D eigenvalue weighted by Gasteiger charge is -2.14. The van der Waals surface area contributed by atoms with Crippen LogP contribution in [-0.4, -0.2) is 36.5 Å². The van der Waals surface area contributed by atoms with E-state index >= 15 is 0 Å². The molecule has 4 nitrogen and oxygen atoms in total. The molecule has 0 N–H and O–H groups in total. The molecule has 0 aliphatic carbocycles. The highest BCUT2D eigenvalue weighted by molar-refractivity contribution is 6.30. The molecule has 0 radical (unpaired) electrons. The second kappa shape index (κ2) is 7.10. The van der Waals surface area contributed by atoms with E-state index in [2.05, 4.69) is 0 Å². The van der Waals surface area contributed by atoms with Crippen LogP contribution in [0, 0.1) is 0 Å². The lowest BCUT2D eigenvalue weighted by Crippen LogP contribution is -2.31. The SMILES string of the molecule is O=C(/C=C/c1cccc(Cl)c1)OCC(=O)N1CCCC1. The van der Waals surface area contributed by atoms with Crippen LogP contribution in [-0.2, 0) is 14.3 Å². The van der Waals surface area contributed by atoms with Crippen molar-refractivity contribution in [1.82, 2.24) is 4.90 Å². The first-order valence-electron chi connectivity index (χ1n) is 6.53. The number of halogens is 1. The van der Waals surface area contributed by atoms with Crippen LogP contribution in [0.5, 0.6) is 0 Å². The average Bonchev–Trinajstić information content (AvgIpc) is 2.97. The number of rotatable bonds is 4. The van der Waals surface area contributed by atoms with Gasteiger partial charge in [-0.05, 0) is 36.6 Å². The Morgan fingerprint density at radius 1 is 1.30 bits per heavy atom. The number of likely N-dealkylation sites (tertiary alicyclic amines) is 1. The fraction of sp³-hybridized carbons (Fsp3) is 0.333. The van der Waals surface area contributed by atoms with Crippen LogP contribution in [0.3, 0.4) is 0 Å². The number of carbonyl (C=O) groups excluding carboxylic acids is 2. The van der Waals surface area contributed by atoms with Gasteiger partial charge in [0.15, 0.2) is 6.61 Å². The van der Waals surface area contributed by atoms with Gasteiger partial charge in [-0.15, -0.1) is 0 Å². The summed E-state index contributed by atoms with van der Waals surface area (Å²) in [6.45, 7) is 1.32. The van der Waals surface area contributed by atoms with Crippen LogP contribution in [0.15, 0.2) is 30.3 Å². The predicted octanol–water partition coefficient (Wildman–Crippen LogP) is 2.52. The summed E-state index contributed by atoms with van der Waals surface area (Å²) in [5.74, 6) is -0.662. The molecule has 0 spiro atoms. The Hall–Kier alpha value is -1.81. The molecule has 5 heteroatoms. The van der Waals surface area contributed by atoms with Crippen molar-refractivity contribution in [2.45, 2.75) is 12.8 Å². The highest BCUT2D eigenvalue weighted by Crippen LogP contribution is 2.12. The van der Waals surface area contributed by atoms with E-state index in [1.165, 1.54) is 6.08 Å². The molecule has 106 valence electrons. The smallest absolute Gasteiger partial charge is 0.331 e. The van der Waals surface area contributed by atoms with Crippen LogP contribution >= 0.6 is 11.6 Å². The van der Waals surface area contributed by atoms with Crippen LogP contribution in [0.25, 0.3) is 6.08 Å². The minimum atomic E-state index is -0.530. The van der Waals surface area contributed by atoms with E-state index in [1.54, 1.807) is 29.2 Å². The third kappa shape index (κ3) is 4.38. The van der Waals surface area contributed by atoms with Gasteiger partial charge in [0.05, 0.1) is 0 Å². The van der Waals surface area contributed by atoms with Crippen molar-refractivity contribution < 1.29 is 14.3 Å². The summed E-state index contributed by atoms with van der Waals surface area (Å²) in [5, 5.41) is 0.602. The van der Waals surface area contributed by atoms with Crippen LogP contribution in [0.4, 0.5) is 0 Å². The molecule has 0 atom stereocenters. The van der Waals surface area contributed by atoms with Crippen molar-refractivity contribution in [2.24, 2.45) is 0 Å². The van der Waals surface area contributed by atoms with Gasteiger partial charge in [0.25, 0.3) is 5.91 Å². The number of esters is 1. The summed E-state index contributed by atoms with van der Waals surface area (Å²) < 4.78 is 4.92. The van der Waals surface area contributed by atoms with E-state index in [1.807, 2.05) is 6.07 Å². The standard InChI is InChI=1S/C15H16ClNO3/c16-13-5-3-4-12(10-13)6-7-15(19)20-11-14(18)17-8-1-2-9-17/h3-7,10H,1-2,8-9,11H2/b7-6+. The molecule has 1 fully saturated rings. The summed E-state index contributed by atoms with van der Waals surface area (Å²) in [6.07, 6.45) is 4.94. The summed E-state index contributed by atoms with van der Waals surface area (Å²) in [7, 11) is 0. The van der Waals surface area contributed by atoms with Crippen molar-refractivity contribution in [3.8, 4) is 0 Å². The molecule has 0 unspecified atom stereocenters. The van der Waals surface area contributed by atoms with Gasteiger partial charge in [-0.2, -0.15) is 0 Å². The lowest BCUT2D eigenvalue weighted by atomic mass is 10.2. The maximum Gasteiger partial charge on any atom is 0.331 e. The second-order valence-corrected chi connectivity index (χ2v) is 5.02. The lowest BCUT2D eigenvalue weighted by molar-refractivity contribution is -0.147. The topological polar surface area (TPSA) is 46.6 Å². The third-order valence-electron chi connectivity index (χ3n) is 3.06. The minimum Gasteiger partial charge on any atom is -0.452 e. The van der Waals surface area contributed by atoms with Gasteiger partial charge in [-0.1, -0.05) is 23.7 Å². The summed E-state index contributed by atoms with van der Waals surface area (Å²) in [5.41, 5.74) is 0.806. The first-order chi connectivity index (χ1) is 9.65. The molecule has 1 heterocycles. The number of nitrogens with zero attached hydrogens (tertiary/aromatic N) is 1. The molecule has 1 aliphatic heterocycles. The Bertz CT molecular complexity index is 522. The molecular formula is C15H16ClNO3.